The number of nitrogens with one attached hydrogen (secondary N) is 1. The fourth-order valence-electron chi connectivity index (χ4n) is 3.74. The molecule has 10 heteroatoms. The molecule has 0 spiro atoms. The lowest BCUT2D eigenvalue weighted by atomic mass is 9.99. The van der Waals surface area contributed by atoms with E-state index in [4.69, 9.17) is 0 Å². The smallest absolute Gasteiger partial charge is 0.292 e. The minimum absolute atomic E-state index is 0.00325. The van der Waals surface area contributed by atoms with Crippen LogP contribution in [0.2, 0.25) is 0 Å². The number of nitrogens with zero attached hydrogens (tertiary/aromatic N) is 5. The number of rotatable bonds is 3. The number of carbonyl (C=O) groups is 1. The maximum Gasteiger partial charge on any atom is 0.292 e. The first-order valence-electron chi connectivity index (χ1n) is 9.67. The second-order valence-electron chi connectivity index (χ2n) is 8.36. The molecular weight excluding hydrogens is 403 g/mol. The summed E-state index contributed by atoms with van der Waals surface area (Å²) in [4.78, 5) is 26.2. The van der Waals surface area contributed by atoms with Crippen molar-refractivity contribution in [3.05, 3.63) is 75.9 Å². The summed E-state index contributed by atoms with van der Waals surface area (Å²) in [6.07, 6.45) is 1.53. The Morgan fingerprint density at radius 3 is 2.68 bits per heavy atom. The number of nitro groups is 1. The fraction of sp³-hybridized carbons (Fsp3) is 0.286. The number of benzene rings is 2. The molecule has 1 unspecified atom stereocenters. The predicted molar refractivity (Wildman–Crippen MR) is 111 cm³/mol. The van der Waals surface area contributed by atoms with E-state index < -0.39 is 22.3 Å². The number of para-hydroxylation sites is 1. The summed E-state index contributed by atoms with van der Waals surface area (Å²) < 4.78 is 15.8. The first-order valence-corrected chi connectivity index (χ1v) is 9.67. The van der Waals surface area contributed by atoms with Crippen LogP contribution in [-0.2, 0) is 11.3 Å². The Labute approximate surface area is 177 Å². The summed E-state index contributed by atoms with van der Waals surface area (Å²) >= 11 is 0. The Morgan fingerprint density at radius 2 is 1.97 bits per heavy atom. The Bertz CT molecular complexity index is 1170. The molecule has 1 aliphatic heterocycles. The Morgan fingerprint density at radius 1 is 1.23 bits per heavy atom. The zero-order valence-electron chi connectivity index (χ0n) is 17.2. The average Bonchev–Trinajstić information content (AvgIpc) is 3.09. The molecule has 1 amide bonds. The normalized spacial score (nSPS) is 15.6. The Balaban J connectivity index is 1.98. The van der Waals surface area contributed by atoms with Gasteiger partial charge in [0.15, 0.2) is 0 Å². The van der Waals surface area contributed by atoms with Gasteiger partial charge in [-0.15, -0.1) is 5.10 Å². The van der Waals surface area contributed by atoms with Crippen molar-refractivity contribution in [1.29, 1.82) is 0 Å². The summed E-state index contributed by atoms with van der Waals surface area (Å²) in [5, 5.41) is 22.8. The van der Waals surface area contributed by atoms with Crippen molar-refractivity contribution in [3.8, 4) is 5.69 Å². The number of anilines is 1. The molecule has 31 heavy (non-hydrogen) atoms. The molecule has 1 aliphatic rings. The van der Waals surface area contributed by atoms with Gasteiger partial charge < -0.3 is 10.2 Å². The van der Waals surface area contributed by atoms with Gasteiger partial charge >= 0.3 is 0 Å². The van der Waals surface area contributed by atoms with E-state index >= 15 is 0 Å². The summed E-state index contributed by atoms with van der Waals surface area (Å²) in [7, 11) is 0. The standard InChI is InChI=1S/C21H21FN6O3/c1-21(2,3)24-20(29)19-15-6-4-5-7-16(15)27-14(11-23-25-27)12-26(19)18-10-13(22)8-9-17(18)28(30)31/h4-11,19H,12H2,1-3H3,(H,24,29). The van der Waals surface area contributed by atoms with Crippen LogP contribution in [0.5, 0.6) is 0 Å². The second kappa shape index (κ2) is 7.46. The molecular formula is C21H21FN6O3. The molecule has 0 saturated carbocycles. The van der Waals surface area contributed by atoms with Gasteiger partial charge in [-0.2, -0.15) is 0 Å². The maximum absolute atomic E-state index is 14.2. The highest BCUT2D eigenvalue weighted by Crippen LogP contribution is 2.40. The first kappa shape index (κ1) is 20.5. The SMILES string of the molecule is CC(C)(C)NC(=O)C1c2ccccc2-n2nncc2CN1c1cc(F)ccc1[N+](=O)[O-]. The molecule has 3 aromatic rings. The number of halogens is 1. The molecule has 4 rings (SSSR count). The minimum Gasteiger partial charge on any atom is -0.349 e. The van der Waals surface area contributed by atoms with Gasteiger partial charge in [0.05, 0.1) is 29.0 Å². The molecule has 9 nitrogen and oxygen atoms in total. The van der Waals surface area contributed by atoms with Crippen LogP contribution in [0, 0.1) is 15.9 Å². The lowest BCUT2D eigenvalue weighted by molar-refractivity contribution is -0.384. The number of hydrogen-bond donors (Lipinski definition) is 1. The molecule has 160 valence electrons. The van der Waals surface area contributed by atoms with Crippen LogP contribution in [0.15, 0.2) is 48.7 Å². The van der Waals surface area contributed by atoms with E-state index in [1.165, 1.54) is 11.1 Å². The topological polar surface area (TPSA) is 106 Å². The molecule has 0 bridgehead atoms. The molecule has 0 fully saturated rings. The molecule has 1 atom stereocenters. The summed E-state index contributed by atoms with van der Waals surface area (Å²) in [6.45, 7) is 5.60. The van der Waals surface area contributed by atoms with Gasteiger partial charge in [-0.25, -0.2) is 9.07 Å². The van der Waals surface area contributed by atoms with Crippen LogP contribution in [-0.4, -0.2) is 31.4 Å². The van der Waals surface area contributed by atoms with E-state index in [-0.39, 0.29) is 23.8 Å². The number of carbonyl (C=O) groups excluding carboxylic acids is 1. The quantitative estimate of drug-likeness (QED) is 0.511. The zero-order valence-corrected chi connectivity index (χ0v) is 17.2. The lowest BCUT2D eigenvalue weighted by Gasteiger charge is -2.33. The van der Waals surface area contributed by atoms with Crippen LogP contribution >= 0.6 is 0 Å². The van der Waals surface area contributed by atoms with Crippen LogP contribution in [0.1, 0.15) is 38.1 Å². The molecule has 2 heterocycles. The number of aromatic nitrogens is 3. The van der Waals surface area contributed by atoms with E-state index in [9.17, 15) is 19.3 Å². The zero-order chi connectivity index (χ0) is 22.3. The van der Waals surface area contributed by atoms with Crippen molar-refractivity contribution in [1.82, 2.24) is 20.3 Å². The third kappa shape index (κ3) is 3.83. The number of fused-ring (bicyclic) bond motifs is 3. The highest BCUT2D eigenvalue weighted by Gasteiger charge is 2.38. The fourth-order valence-corrected chi connectivity index (χ4v) is 3.74. The van der Waals surface area contributed by atoms with E-state index in [1.54, 1.807) is 22.9 Å². The lowest BCUT2D eigenvalue weighted by Crippen LogP contribution is -2.47. The molecule has 0 radical (unpaired) electrons. The van der Waals surface area contributed by atoms with Crippen LogP contribution in [0.4, 0.5) is 15.8 Å². The highest BCUT2D eigenvalue weighted by molar-refractivity contribution is 5.89. The van der Waals surface area contributed by atoms with Crippen LogP contribution in [0.25, 0.3) is 5.69 Å². The van der Waals surface area contributed by atoms with E-state index in [1.807, 2.05) is 26.8 Å². The van der Waals surface area contributed by atoms with Crippen molar-refractivity contribution >= 4 is 17.3 Å². The van der Waals surface area contributed by atoms with Crippen molar-refractivity contribution in [2.45, 2.75) is 38.9 Å². The monoisotopic (exact) mass is 424 g/mol. The van der Waals surface area contributed by atoms with Crippen molar-refractivity contribution < 1.29 is 14.1 Å². The highest BCUT2D eigenvalue weighted by atomic mass is 19.1. The van der Waals surface area contributed by atoms with E-state index in [2.05, 4.69) is 15.6 Å². The Hall–Kier alpha value is -3.82. The average molecular weight is 424 g/mol. The van der Waals surface area contributed by atoms with Gasteiger partial charge in [0.2, 0.25) is 5.91 Å². The first-order chi connectivity index (χ1) is 14.7. The molecule has 1 aromatic heterocycles. The number of hydrogen-bond acceptors (Lipinski definition) is 6. The van der Waals surface area contributed by atoms with Gasteiger partial charge in [0, 0.05) is 23.2 Å². The summed E-state index contributed by atoms with van der Waals surface area (Å²) in [5.41, 5.74) is 0.971. The second-order valence-corrected chi connectivity index (χ2v) is 8.36. The Kier molecular flexibility index (Phi) is 4.92. The van der Waals surface area contributed by atoms with E-state index in [0.29, 0.717) is 16.9 Å². The van der Waals surface area contributed by atoms with Gasteiger partial charge in [0.1, 0.15) is 17.5 Å². The third-order valence-corrected chi connectivity index (χ3v) is 4.91. The van der Waals surface area contributed by atoms with Crippen molar-refractivity contribution in [3.63, 3.8) is 0 Å². The third-order valence-electron chi connectivity index (χ3n) is 4.91. The molecule has 1 N–H and O–H groups in total. The largest absolute Gasteiger partial charge is 0.349 e. The summed E-state index contributed by atoms with van der Waals surface area (Å²) in [5.74, 6) is -1.00. The molecule has 2 aromatic carbocycles. The van der Waals surface area contributed by atoms with Crippen molar-refractivity contribution in [2.24, 2.45) is 0 Å². The minimum atomic E-state index is -0.961. The van der Waals surface area contributed by atoms with Crippen LogP contribution < -0.4 is 10.2 Å². The van der Waals surface area contributed by atoms with Gasteiger partial charge in [-0.1, -0.05) is 23.4 Å². The predicted octanol–water partition coefficient (Wildman–Crippen LogP) is 3.29. The van der Waals surface area contributed by atoms with Crippen molar-refractivity contribution in [2.75, 3.05) is 4.90 Å². The molecule has 0 saturated heterocycles. The number of nitro benzene ring substituents is 1. The van der Waals surface area contributed by atoms with Gasteiger partial charge in [0.25, 0.3) is 5.69 Å². The molecule has 0 aliphatic carbocycles. The van der Waals surface area contributed by atoms with Gasteiger partial charge in [-0.05, 0) is 32.9 Å². The summed E-state index contributed by atoms with van der Waals surface area (Å²) in [6, 6.07) is 9.40. The van der Waals surface area contributed by atoms with Gasteiger partial charge in [-0.3, -0.25) is 14.9 Å². The number of amides is 1. The van der Waals surface area contributed by atoms with E-state index in [0.717, 1.165) is 18.2 Å². The van der Waals surface area contributed by atoms with Crippen LogP contribution in [0.3, 0.4) is 0 Å². The maximum atomic E-state index is 14.2.